The molecule has 5 heteroatoms. The van der Waals surface area contributed by atoms with Gasteiger partial charge >= 0.3 is 0 Å². The van der Waals surface area contributed by atoms with Crippen LogP contribution in [-0.2, 0) is 0 Å². The van der Waals surface area contributed by atoms with Gasteiger partial charge in [0.05, 0.1) is 17.4 Å². The summed E-state index contributed by atoms with van der Waals surface area (Å²) in [7, 11) is 0. The first kappa shape index (κ1) is 14.8. The SMILES string of the molecule is CC(C)C1CCCCC1NC(=O)c1ccncc1NN. The molecule has 0 aromatic carbocycles. The number of anilines is 1. The molecule has 2 rings (SSSR count). The van der Waals surface area contributed by atoms with E-state index >= 15 is 0 Å². The van der Waals surface area contributed by atoms with Gasteiger partial charge < -0.3 is 10.7 Å². The van der Waals surface area contributed by atoms with E-state index < -0.39 is 0 Å². The van der Waals surface area contributed by atoms with Crippen LogP contribution in [0.2, 0.25) is 0 Å². The van der Waals surface area contributed by atoms with Crippen LogP contribution >= 0.6 is 0 Å². The topological polar surface area (TPSA) is 80.0 Å². The normalized spacial score (nSPS) is 22.6. The molecule has 0 aliphatic heterocycles. The second kappa shape index (κ2) is 6.70. The Morgan fingerprint density at radius 3 is 2.85 bits per heavy atom. The summed E-state index contributed by atoms with van der Waals surface area (Å²) >= 11 is 0. The fourth-order valence-electron chi connectivity index (χ4n) is 3.09. The minimum absolute atomic E-state index is 0.0714. The monoisotopic (exact) mass is 276 g/mol. The van der Waals surface area contributed by atoms with Crippen molar-refractivity contribution in [2.45, 2.75) is 45.6 Å². The number of carbonyl (C=O) groups is 1. The maximum absolute atomic E-state index is 12.4. The van der Waals surface area contributed by atoms with Gasteiger partial charge in [-0.2, -0.15) is 0 Å². The third-order valence-corrected chi connectivity index (χ3v) is 4.21. The zero-order chi connectivity index (χ0) is 14.5. The Morgan fingerprint density at radius 2 is 2.15 bits per heavy atom. The first-order valence-corrected chi connectivity index (χ1v) is 7.35. The van der Waals surface area contributed by atoms with Crippen molar-refractivity contribution in [3.63, 3.8) is 0 Å². The molecule has 1 aromatic heterocycles. The fraction of sp³-hybridized carbons (Fsp3) is 0.600. The van der Waals surface area contributed by atoms with E-state index in [1.54, 1.807) is 18.5 Å². The molecular weight excluding hydrogens is 252 g/mol. The fourth-order valence-corrected chi connectivity index (χ4v) is 3.09. The molecule has 0 spiro atoms. The van der Waals surface area contributed by atoms with Crippen LogP contribution in [0.5, 0.6) is 0 Å². The molecule has 1 saturated carbocycles. The lowest BCUT2D eigenvalue weighted by Gasteiger charge is -2.35. The van der Waals surface area contributed by atoms with Gasteiger partial charge in [0.2, 0.25) is 0 Å². The molecule has 0 radical (unpaired) electrons. The summed E-state index contributed by atoms with van der Waals surface area (Å²) in [5.74, 6) is 6.50. The summed E-state index contributed by atoms with van der Waals surface area (Å²) in [6.45, 7) is 4.46. The highest BCUT2D eigenvalue weighted by Crippen LogP contribution is 2.30. The standard InChI is InChI=1S/C15H24N4O/c1-10(2)11-5-3-4-6-13(11)18-15(20)12-7-8-17-9-14(12)19-16/h7-11,13,19H,3-6,16H2,1-2H3,(H,18,20). The predicted molar refractivity (Wildman–Crippen MR) is 80.1 cm³/mol. The van der Waals surface area contributed by atoms with E-state index in [2.05, 4.69) is 29.6 Å². The number of hydrogen-bond acceptors (Lipinski definition) is 4. The number of amides is 1. The number of rotatable bonds is 4. The summed E-state index contributed by atoms with van der Waals surface area (Å²) < 4.78 is 0. The second-order valence-corrected chi connectivity index (χ2v) is 5.84. The number of nitrogens with one attached hydrogen (secondary N) is 2. The minimum Gasteiger partial charge on any atom is -0.349 e. The van der Waals surface area contributed by atoms with Crippen molar-refractivity contribution in [3.8, 4) is 0 Å². The molecule has 5 nitrogen and oxygen atoms in total. The van der Waals surface area contributed by atoms with Crippen molar-refractivity contribution < 1.29 is 4.79 Å². The van der Waals surface area contributed by atoms with Crippen molar-refractivity contribution in [2.24, 2.45) is 17.7 Å². The van der Waals surface area contributed by atoms with Crippen molar-refractivity contribution >= 4 is 11.6 Å². The highest BCUT2D eigenvalue weighted by molar-refractivity contribution is 5.99. The zero-order valence-electron chi connectivity index (χ0n) is 12.2. The highest BCUT2D eigenvalue weighted by Gasteiger charge is 2.29. The first-order valence-electron chi connectivity index (χ1n) is 7.35. The van der Waals surface area contributed by atoms with Gasteiger partial charge in [-0.05, 0) is 30.7 Å². The smallest absolute Gasteiger partial charge is 0.253 e. The maximum Gasteiger partial charge on any atom is 0.253 e. The van der Waals surface area contributed by atoms with E-state index in [-0.39, 0.29) is 11.9 Å². The molecule has 20 heavy (non-hydrogen) atoms. The molecule has 1 heterocycles. The lowest BCUT2D eigenvalue weighted by atomic mass is 9.78. The Hall–Kier alpha value is -1.62. The third kappa shape index (κ3) is 3.28. The number of nitrogen functional groups attached to an aromatic ring is 1. The number of carbonyl (C=O) groups excluding carboxylic acids is 1. The molecule has 1 fully saturated rings. The molecule has 0 bridgehead atoms. The Morgan fingerprint density at radius 1 is 1.40 bits per heavy atom. The zero-order valence-corrected chi connectivity index (χ0v) is 12.2. The summed E-state index contributed by atoms with van der Waals surface area (Å²) in [5.41, 5.74) is 3.63. The van der Waals surface area contributed by atoms with Crippen molar-refractivity contribution in [3.05, 3.63) is 24.0 Å². The van der Waals surface area contributed by atoms with Crippen LogP contribution in [0, 0.1) is 11.8 Å². The lowest BCUT2D eigenvalue weighted by molar-refractivity contribution is 0.0890. The van der Waals surface area contributed by atoms with Crippen molar-refractivity contribution in [1.29, 1.82) is 0 Å². The number of hydrazine groups is 1. The molecule has 110 valence electrons. The van der Waals surface area contributed by atoms with Gasteiger partial charge in [0.1, 0.15) is 0 Å². The number of nitrogens with two attached hydrogens (primary N) is 1. The molecule has 1 aromatic rings. The van der Waals surface area contributed by atoms with E-state index in [9.17, 15) is 4.79 Å². The van der Waals surface area contributed by atoms with E-state index in [0.29, 0.717) is 23.1 Å². The van der Waals surface area contributed by atoms with Gasteiger partial charge in [-0.3, -0.25) is 15.6 Å². The summed E-state index contributed by atoms with van der Waals surface area (Å²) in [6.07, 6.45) is 7.88. The van der Waals surface area contributed by atoms with E-state index in [1.807, 2.05) is 0 Å². The Balaban J connectivity index is 2.10. The molecule has 0 saturated heterocycles. The number of hydrogen-bond donors (Lipinski definition) is 3. The van der Waals surface area contributed by atoms with Crippen molar-refractivity contribution in [2.75, 3.05) is 5.43 Å². The quantitative estimate of drug-likeness (QED) is 0.582. The van der Waals surface area contributed by atoms with E-state index in [0.717, 1.165) is 6.42 Å². The van der Waals surface area contributed by atoms with Gasteiger partial charge in [0.15, 0.2) is 0 Å². The predicted octanol–water partition coefficient (Wildman–Crippen LogP) is 2.31. The average molecular weight is 276 g/mol. The maximum atomic E-state index is 12.4. The van der Waals surface area contributed by atoms with E-state index in [4.69, 9.17) is 5.84 Å². The first-order chi connectivity index (χ1) is 9.63. The highest BCUT2D eigenvalue weighted by atomic mass is 16.1. The van der Waals surface area contributed by atoms with Gasteiger partial charge in [-0.1, -0.05) is 26.7 Å². The largest absolute Gasteiger partial charge is 0.349 e. The average Bonchev–Trinajstić information content (AvgIpc) is 2.47. The third-order valence-electron chi connectivity index (χ3n) is 4.21. The molecular formula is C15H24N4O. The Kier molecular flexibility index (Phi) is 4.95. The molecule has 1 aliphatic rings. The van der Waals surface area contributed by atoms with Crippen molar-refractivity contribution in [1.82, 2.24) is 10.3 Å². The van der Waals surface area contributed by atoms with Crippen LogP contribution < -0.4 is 16.6 Å². The Labute approximate surface area is 120 Å². The van der Waals surface area contributed by atoms with Gasteiger partial charge in [-0.25, -0.2) is 0 Å². The van der Waals surface area contributed by atoms with Gasteiger partial charge in [0, 0.05) is 12.2 Å². The summed E-state index contributed by atoms with van der Waals surface area (Å²) in [6, 6.07) is 1.95. The molecule has 2 unspecified atom stereocenters. The molecule has 1 aliphatic carbocycles. The van der Waals surface area contributed by atoms with Gasteiger partial charge in [0.25, 0.3) is 5.91 Å². The summed E-state index contributed by atoms with van der Waals surface area (Å²) in [5, 5.41) is 3.18. The van der Waals surface area contributed by atoms with Gasteiger partial charge in [-0.15, -0.1) is 0 Å². The van der Waals surface area contributed by atoms with E-state index in [1.165, 1.54) is 19.3 Å². The number of aromatic nitrogens is 1. The van der Waals surface area contributed by atoms with Crippen LogP contribution in [0.4, 0.5) is 5.69 Å². The van der Waals surface area contributed by atoms with Crippen LogP contribution in [0.1, 0.15) is 49.9 Å². The van der Waals surface area contributed by atoms with Crippen LogP contribution in [0.15, 0.2) is 18.5 Å². The summed E-state index contributed by atoms with van der Waals surface area (Å²) in [4.78, 5) is 16.4. The Bertz CT molecular complexity index is 461. The molecule has 2 atom stereocenters. The number of pyridine rings is 1. The van der Waals surface area contributed by atoms with Crippen LogP contribution in [0.3, 0.4) is 0 Å². The van der Waals surface area contributed by atoms with Crippen LogP contribution in [0.25, 0.3) is 0 Å². The lowest BCUT2D eigenvalue weighted by Crippen LogP contribution is -2.44. The minimum atomic E-state index is -0.0714. The van der Waals surface area contributed by atoms with Crippen LogP contribution in [-0.4, -0.2) is 16.9 Å². The number of nitrogens with zero attached hydrogens (tertiary/aromatic N) is 1. The molecule has 4 N–H and O–H groups in total. The second-order valence-electron chi connectivity index (χ2n) is 5.84. The molecule has 1 amide bonds.